The summed E-state index contributed by atoms with van der Waals surface area (Å²) in [6.45, 7) is 0.732. The molecule has 0 spiro atoms. The molecule has 0 aliphatic carbocycles. The van der Waals surface area contributed by atoms with Gasteiger partial charge in [-0.05, 0) is 25.1 Å². The van der Waals surface area contributed by atoms with Crippen molar-refractivity contribution >= 4 is 29.1 Å². The van der Waals surface area contributed by atoms with Crippen LogP contribution in [0.3, 0.4) is 0 Å². The number of hydrogen-bond donors (Lipinski definition) is 1. The highest BCUT2D eigenvalue weighted by Crippen LogP contribution is 2.41. The van der Waals surface area contributed by atoms with Gasteiger partial charge in [-0.25, -0.2) is 0 Å². The molecule has 82 valence electrons. The van der Waals surface area contributed by atoms with E-state index in [1.165, 1.54) is 4.90 Å². The molecule has 1 unspecified atom stereocenters. The Bertz CT molecular complexity index is 356. The van der Waals surface area contributed by atoms with E-state index in [9.17, 15) is 0 Å². The van der Waals surface area contributed by atoms with Gasteiger partial charge in [0.05, 0.1) is 10.7 Å². The summed E-state index contributed by atoms with van der Waals surface area (Å²) in [6, 6.07) is 6.58. The predicted molar refractivity (Wildman–Crippen MR) is 68.0 cm³/mol. The number of nitrogens with zero attached hydrogens (tertiary/aromatic N) is 1. The first-order chi connectivity index (χ1) is 7.24. The Balaban J connectivity index is 2.32. The van der Waals surface area contributed by atoms with E-state index in [-0.39, 0.29) is 0 Å². The quantitative estimate of drug-likeness (QED) is 0.865. The third kappa shape index (κ3) is 2.10. The molecule has 0 fully saturated rings. The summed E-state index contributed by atoms with van der Waals surface area (Å²) in [5.41, 5.74) is 6.77. The second-order valence-corrected chi connectivity index (χ2v) is 5.21. The van der Waals surface area contributed by atoms with Gasteiger partial charge in [-0.15, -0.1) is 11.8 Å². The van der Waals surface area contributed by atoms with Crippen molar-refractivity contribution in [3.8, 4) is 0 Å². The molecule has 4 heteroatoms. The summed E-state index contributed by atoms with van der Waals surface area (Å²) >= 11 is 8.09. The summed E-state index contributed by atoms with van der Waals surface area (Å²) in [4.78, 5) is 3.54. The van der Waals surface area contributed by atoms with Gasteiger partial charge in [0.1, 0.15) is 0 Å². The monoisotopic (exact) mass is 242 g/mol. The SMILES string of the molecule is CN1c2c(Cl)cccc2SCC1CCN. The van der Waals surface area contributed by atoms with E-state index in [0.29, 0.717) is 6.04 Å². The fraction of sp³-hybridized carbons (Fsp3) is 0.455. The lowest BCUT2D eigenvalue weighted by Gasteiger charge is -2.36. The van der Waals surface area contributed by atoms with Gasteiger partial charge in [-0.2, -0.15) is 0 Å². The molecule has 1 aliphatic rings. The molecule has 0 amide bonds. The maximum Gasteiger partial charge on any atom is 0.0693 e. The Hall–Kier alpha value is -0.380. The molecule has 1 atom stereocenters. The molecular formula is C11H15ClN2S. The van der Waals surface area contributed by atoms with E-state index in [4.69, 9.17) is 17.3 Å². The van der Waals surface area contributed by atoms with Crippen LogP contribution >= 0.6 is 23.4 Å². The number of fused-ring (bicyclic) bond motifs is 1. The fourth-order valence-electron chi connectivity index (χ4n) is 1.90. The van der Waals surface area contributed by atoms with Crippen molar-refractivity contribution in [1.82, 2.24) is 0 Å². The molecular weight excluding hydrogens is 228 g/mol. The molecule has 0 saturated heterocycles. The summed E-state index contributed by atoms with van der Waals surface area (Å²) < 4.78 is 0. The van der Waals surface area contributed by atoms with Crippen molar-refractivity contribution in [2.75, 3.05) is 24.2 Å². The highest BCUT2D eigenvalue weighted by atomic mass is 35.5. The van der Waals surface area contributed by atoms with Crippen molar-refractivity contribution < 1.29 is 0 Å². The van der Waals surface area contributed by atoms with Crippen LogP contribution in [0.2, 0.25) is 5.02 Å². The van der Waals surface area contributed by atoms with E-state index in [0.717, 1.165) is 29.4 Å². The van der Waals surface area contributed by atoms with Gasteiger partial charge in [0.15, 0.2) is 0 Å². The lowest BCUT2D eigenvalue weighted by Crippen LogP contribution is -2.38. The maximum atomic E-state index is 6.22. The third-order valence-corrected chi connectivity index (χ3v) is 4.28. The van der Waals surface area contributed by atoms with Crippen LogP contribution in [0.5, 0.6) is 0 Å². The first kappa shape index (κ1) is 11.1. The van der Waals surface area contributed by atoms with E-state index in [1.807, 2.05) is 23.9 Å². The summed E-state index contributed by atoms with van der Waals surface area (Å²) in [5, 5.41) is 0.837. The van der Waals surface area contributed by atoms with Gasteiger partial charge < -0.3 is 10.6 Å². The van der Waals surface area contributed by atoms with Crippen LogP contribution in [0.4, 0.5) is 5.69 Å². The molecule has 1 heterocycles. The minimum Gasteiger partial charge on any atom is -0.369 e. The van der Waals surface area contributed by atoms with Crippen molar-refractivity contribution in [1.29, 1.82) is 0 Å². The number of benzene rings is 1. The molecule has 0 saturated carbocycles. The van der Waals surface area contributed by atoms with E-state index >= 15 is 0 Å². The zero-order chi connectivity index (χ0) is 10.8. The lowest BCUT2D eigenvalue weighted by molar-refractivity contribution is 0.633. The first-order valence-electron chi connectivity index (χ1n) is 5.08. The zero-order valence-electron chi connectivity index (χ0n) is 8.74. The minimum atomic E-state index is 0.507. The summed E-state index contributed by atoms with van der Waals surface area (Å²) in [5.74, 6) is 1.10. The molecule has 2 nitrogen and oxygen atoms in total. The Morgan fingerprint density at radius 3 is 3.13 bits per heavy atom. The molecule has 0 aromatic heterocycles. The van der Waals surface area contributed by atoms with E-state index in [1.54, 1.807) is 0 Å². The Labute approximate surface area is 99.8 Å². The molecule has 0 radical (unpaired) electrons. The summed E-state index contributed by atoms with van der Waals surface area (Å²) in [6.07, 6.45) is 1.02. The van der Waals surface area contributed by atoms with Gasteiger partial charge in [-0.1, -0.05) is 17.7 Å². The van der Waals surface area contributed by atoms with Crippen LogP contribution in [0, 0.1) is 0 Å². The van der Waals surface area contributed by atoms with Crippen molar-refractivity contribution in [3.63, 3.8) is 0 Å². The van der Waals surface area contributed by atoms with Crippen LogP contribution in [-0.2, 0) is 0 Å². The largest absolute Gasteiger partial charge is 0.369 e. The Morgan fingerprint density at radius 1 is 1.60 bits per heavy atom. The average molecular weight is 243 g/mol. The molecule has 0 bridgehead atoms. The molecule has 1 aliphatic heterocycles. The summed E-state index contributed by atoms with van der Waals surface area (Å²) in [7, 11) is 2.10. The highest BCUT2D eigenvalue weighted by molar-refractivity contribution is 7.99. The van der Waals surface area contributed by atoms with Gasteiger partial charge >= 0.3 is 0 Å². The van der Waals surface area contributed by atoms with Gasteiger partial charge in [-0.3, -0.25) is 0 Å². The minimum absolute atomic E-state index is 0.507. The predicted octanol–water partition coefficient (Wildman–Crippen LogP) is 2.60. The molecule has 2 N–H and O–H groups in total. The normalized spacial score (nSPS) is 20.2. The number of para-hydroxylation sites is 1. The third-order valence-electron chi connectivity index (χ3n) is 2.78. The zero-order valence-corrected chi connectivity index (χ0v) is 10.3. The number of anilines is 1. The average Bonchev–Trinajstić information content (AvgIpc) is 2.22. The number of halogens is 1. The van der Waals surface area contributed by atoms with Crippen LogP contribution in [-0.4, -0.2) is 25.4 Å². The van der Waals surface area contributed by atoms with E-state index in [2.05, 4.69) is 18.0 Å². The standard InChI is InChI=1S/C11H15ClN2S/c1-14-8(5-6-13)7-15-10-4-2-3-9(12)11(10)14/h2-4,8H,5-7,13H2,1H3. The molecule has 1 aromatic carbocycles. The smallest absolute Gasteiger partial charge is 0.0693 e. The number of rotatable bonds is 2. The van der Waals surface area contributed by atoms with Crippen molar-refractivity contribution in [2.24, 2.45) is 5.73 Å². The highest BCUT2D eigenvalue weighted by Gasteiger charge is 2.24. The van der Waals surface area contributed by atoms with E-state index < -0.39 is 0 Å². The lowest BCUT2D eigenvalue weighted by atomic mass is 10.1. The second-order valence-electron chi connectivity index (χ2n) is 3.74. The molecule has 15 heavy (non-hydrogen) atoms. The Kier molecular flexibility index (Phi) is 3.44. The fourth-order valence-corrected chi connectivity index (χ4v) is 3.60. The maximum absolute atomic E-state index is 6.22. The number of hydrogen-bond acceptors (Lipinski definition) is 3. The number of thioether (sulfide) groups is 1. The number of nitrogens with two attached hydrogens (primary N) is 1. The topological polar surface area (TPSA) is 29.3 Å². The van der Waals surface area contributed by atoms with Crippen LogP contribution < -0.4 is 10.6 Å². The Morgan fingerprint density at radius 2 is 2.40 bits per heavy atom. The first-order valence-corrected chi connectivity index (χ1v) is 6.44. The van der Waals surface area contributed by atoms with Crippen LogP contribution in [0.1, 0.15) is 6.42 Å². The van der Waals surface area contributed by atoms with Crippen molar-refractivity contribution in [3.05, 3.63) is 23.2 Å². The van der Waals surface area contributed by atoms with Gasteiger partial charge in [0, 0.05) is 23.7 Å². The molecule has 1 aromatic rings. The van der Waals surface area contributed by atoms with Gasteiger partial charge in [0.25, 0.3) is 0 Å². The van der Waals surface area contributed by atoms with Gasteiger partial charge in [0.2, 0.25) is 0 Å². The molecule has 2 rings (SSSR count). The van der Waals surface area contributed by atoms with Crippen molar-refractivity contribution in [2.45, 2.75) is 17.4 Å². The van der Waals surface area contributed by atoms with Crippen LogP contribution in [0.25, 0.3) is 0 Å². The second kappa shape index (κ2) is 4.64. The van der Waals surface area contributed by atoms with Crippen LogP contribution in [0.15, 0.2) is 23.1 Å².